The molecule has 0 saturated heterocycles. The van der Waals surface area contributed by atoms with Crippen molar-refractivity contribution in [1.82, 2.24) is 29.4 Å². The van der Waals surface area contributed by atoms with Gasteiger partial charge in [-0.2, -0.15) is 9.61 Å². The van der Waals surface area contributed by atoms with Crippen molar-refractivity contribution in [3.8, 4) is 0 Å². The molecule has 26 heavy (non-hydrogen) atoms. The summed E-state index contributed by atoms with van der Waals surface area (Å²) < 4.78 is 29.2. The summed E-state index contributed by atoms with van der Waals surface area (Å²) in [6.07, 6.45) is -1.82. The maximum absolute atomic E-state index is 13.0. The van der Waals surface area contributed by atoms with Gasteiger partial charge in [0.25, 0.3) is 6.43 Å². The number of imidazole rings is 1. The lowest BCUT2D eigenvalue weighted by Gasteiger charge is -2.07. The molecule has 0 N–H and O–H groups in total. The second-order valence-corrected chi connectivity index (χ2v) is 7.01. The van der Waals surface area contributed by atoms with Gasteiger partial charge in [-0.3, -0.25) is 0 Å². The molecule has 4 aromatic rings. The van der Waals surface area contributed by atoms with Gasteiger partial charge in [0, 0.05) is 11.6 Å². The van der Waals surface area contributed by atoms with Gasteiger partial charge < -0.3 is 4.57 Å². The van der Waals surface area contributed by atoms with Gasteiger partial charge in [-0.1, -0.05) is 18.5 Å². The number of fused-ring (bicyclic) bond motifs is 2. The van der Waals surface area contributed by atoms with Crippen LogP contribution in [0.2, 0.25) is 5.02 Å². The van der Waals surface area contributed by atoms with Crippen molar-refractivity contribution in [2.45, 2.75) is 36.5 Å². The second-order valence-electron chi connectivity index (χ2n) is 5.58. The van der Waals surface area contributed by atoms with Crippen LogP contribution in [0.3, 0.4) is 0 Å². The molecule has 0 amide bonds. The van der Waals surface area contributed by atoms with Crippen molar-refractivity contribution >= 4 is 40.0 Å². The lowest BCUT2D eigenvalue weighted by atomic mass is 10.3. The number of alkyl halides is 2. The van der Waals surface area contributed by atoms with Crippen LogP contribution in [-0.2, 0) is 6.54 Å². The summed E-state index contributed by atoms with van der Waals surface area (Å²) in [5.74, 6) is -0.476. The van der Waals surface area contributed by atoms with E-state index in [1.807, 2.05) is 12.1 Å². The molecule has 0 aliphatic carbocycles. The Bertz CT molecular complexity index is 1090. The molecule has 3 heterocycles. The minimum atomic E-state index is -2.75. The lowest BCUT2D eigenvalue weighted by molar-refractivity contribution is 0.137. The SMILES string of the molecule is CCCn1c(Sc2ccc3nnc(C(F)F)n3n2)nc2cc(Cl)ccc21. The highest BCUT2D eigenvalue weighted by molar-refractivity contribution is 7.99. The van der Waals surface area contributed by atoms with Crippen molar-refractivity contribution in [2.24, 2.45) is 0 Å². The number of nitrogens with zero attached hydrogens (tertiary/aromatic N) is 6. The average molecular weight is 395 g/mol. The number of hydrogen-bond donors (Lipinski definition) is 0. The molecule has 0 fully saturated rings. The van der Waals surface area contributed by atoms with E-state index in [1.54, 1.807) is 18.2 Å². The van der Waals surface area contributed by atoms with Crippen molar-refractivity contribution in [3.05, 3.63) is 41.2 Å². The predicted molar refractivity (Wildman–Crippen MR) is 94.9 cm³/mol. The van der Waals surface area contributed by atoms with Crippen LogP contribution in [-0.4, -0.2) is 29.4 Å². The first-order chi connectivity index (χ1) is 12.6. The van der Waals surface area contributed by atoms with Crippen LogP contribution in [0.5, 0.6) is 0 Å². The Labute approximate surface area is 156 Å². The van der Waals surface area contributed by atoms with Crippen LogP contribution >= 0.6 is 23.4 Å². The Morgan fingerprint density at radius 1 is 1.19 bits per heavy atom. The molecular formula is C16H13ClF2N6S. The zero-order valence-electron chi connectivity index (χ0n) is 13.6. The number of aromatic nitrogens is 6. The highest BCUT2D eigenvalue weighted by Crippen LogP contribution is 2.31. The Kier molecular flexibility index (Phi) is 4.49. The third kappa shape index (κ3) is 3.01. The molecule has 0 radical (unpaired) electrons. The van der Waals surface area contributed by atoms with E-state index in [0.717, 1.165) is 33.7 Å². The summed E-state index contributed by atoms with van der Waals surface area (Å²) in [4.78, 5) is 4.63. The van der Waals surface area contributed by atoms with Crippen molar-refractivity contribution < 1.29 is 8.78 Å². The molecule has 0 saturated carbocycles. The number of halogens is 3. The zero-order chi connectivity index (χ0) is 18.3. The molecule has 0 unspecified atom stereocenters. The average Bonchev–Trinajstić information content (AvgIpc) is 3.16. The van der Waals surface area contributed by atoms with Crippen LogP contribution < -0.4 is 0 Å². The first-order valence-electron chi connectivity index (χ1n) is 7.91. The molecule has 1 aromatic carbocycles. The summed E-state index contributed by atoms with van der Waals surface area (Å²) in [5, 5.41) is 13.3. The Balaban J connectivity index is 1.78. The van der Waals surface area contributed by atoms with Gasteiger partial charge in [0.05, 0.1) is 11.0 Å². The number of hydrogen-bond acceptors (Lipinski definition) is 5. The van der Waals surface area contributed by atoms with Gasteiger partial charge in [-0.15, -0.1) is 10.2 Å². The standard InChI is InChI=1S/C16H13ClF2N6S/c1-2-7-24-11-4-3-9(17)8-10(11)20-16(24)26-13-6-5-12-21-22-15(14(18)19)25(12)23-13/h3-6,8,14H,2,7H2,1H3. The van der Waals surface area contributed by atoms with Crippen molar-refractivity contribution in [2.75, 3.05) is 0 Å². The molecule has 10 heteroatoms. The van der Waals surface area contributed by atoms with E-state index in [9.17, 15) is 8.78 Å². The smallest absolute Gasteiger partial charge is 0.299 e. The van der Waals surface area contributed by atoms with E-state index < -0.39 is 12.2 Å². The van der Waals surface area contributed by atoms with E-state index in [-0.39, 0.29) is 5.65 Å². The second kappa shape index (κ2) is 6.81. The normalized spacial score (nSPS) is 11.9. The van der Waals surface area contributed by atoms with E-state index >= 15 is 0 Å². The van der Waals surface area contributed by atoms with Crippen molar-refractivity contribution in [1.29, 1.82) is 0 Å². The van der Waals surface area contributed by atoms with Crippen LogP contribution in [0.25, 0.3) is 16.7 Å². The summed E-state index contributed by atoms with van der Waals surface area (Å²) in [6, 6.07) is 8.88. The molecule has 0 spiro atoms. The van der Waals surface area contributed by atoms with Gasteiger partial charge in [0.1, 0.15) is 5.03 Å². The molecule has 134 valence electrons. The minimum Gasteiger partial charge on any atom is -0.319 e. The molecule has 0 bridgehead atoms. The maximum atomic E-state index is 13.0. The van der Waals surface area contributed by atoms with Gasteiger partial charge >= 0.3 is 0 Å². The highest BCUT2D eigenvalue weighted by Gasteiger charge is 2.18. The van der Waals surface area contributed by atoms with E-state index in [2.05, 4.69) is 31.8 Å². The first-order valence-corrected chi connectivity index (χ1v) is 9.10. The molecule has 6 nitrogen and oxygen atoms in total. The highest BCUT2D eigenvalue weighted by atomic mass is 35.5. The van der Waals surface area contributed by atoms with E-state index in [4.69, 9.17) is 11.6 Å². The largest absolute Gasteiger partial charge is 0.319 e. The van der Waals surface area contributed by atoms with Gasteiger partial charge in [0.15, 0.2) is 10.8 Å². The molecule has 0 atom stereocenters. The number of benzene rings is 1. The summed E-state index contributed by atoms with van der Waals surface area (Å²) >= 11 is 7.36. The fourth-order valence-electron chi connectivity index (χ4n) is 2.67. The first kappa shape index (κ1) is 17.2. The maximum Gasteiger partial charge on any atom is 0.299 e. The Morgan fingerprint density at radius 2 is 2.04 bits per heavy atom. The van der Waals surface area contributed by atoms with Crippen molar-refractivity contribution in [3.63, 3.8) is 0 Å². The molecular weight excluding hydrogens is 382 g/mol. The molecule has 4 rings (SSSR count). The topological polar surface area (TPSA) is 60.9 Å². The fraction of sp³-hybridized carbons (Fsp3) is 0.250. The van der Waals surface area contributed by atoms with Crippen LogP contribution in [0.4, 0.5) is 8.78 Å². The van der Waals surface area contributed by atoms with Gasteiger partial charge in [-0.05, 0) is 48.5 Å². The van der Waals surface area contributed by atoms with Crippen LogP contribution in [0, 0.1) is 0 Å². The fourth-order valence-corrected chi connectivity index (χ4v) is 3.73. The number of aryl methyl sites for hydroxylation is 1. The molecule has 0 aliphatic heterocycles. The van der Waals surface area contributed by atoms with Gasteiger partial charge in [-0.25, -0.2) is 13.8 Å². The third-order valence-corrected chi connectivity index (χ3v) is 4.93. The summed E-state index contributed by atoms with van der Waals surface area (Å²) in [6.45, 7) is 2.85. The van der Waals surface area contributed by atoms with Crippen LogP contribution in [0.1, 0.15) is 25.6 Å². The van der Waals surface area contributed by atoms with Gasteiger partial charge in [0.2, 0.25) is 5.82 Å². The summed E-state index contributed by atoms with van der Waals surface area (Å²) in [5.41, 5.74) is 2.03. The Hall–Kier alpha value is -2.26. The minimum absolute atomic E-state index is 0.276. The Morgan fingerprint density at radius 3 is 2.81 bits per heavy atom. The van der Waals surface area contributed by atoms with Crippen LogP contribution in [0.15, 0.2) is 40.5 Å². The quantitative estimate of drug-likeness (QED) is 0.494. The molecule has 0 aliphatic rings. The predicted octanol–water partition coefficient (Wildman–Crippen LogP) is 4.63. The third-order valence-electron chi connectivity index (χ3n) is 3.78. The monoisotopic (exact) mass is 394 g/mol. The van der Waals surface area contributed by atoms with E-state index in [1.165, 1.54) is 11.8 Å². The van der Waals surface area contributed by atoms with E-state index in [0.29, 0.717) is 10.0 Å². The summed E-state index contributed by atoms with van der Waals surface area (Å²) in [7, 11) is 0. The number of rotatable bonds is 5. The zero-order valence-corrected chi connectivity index (χ0v) is 15.2. The molecule has 3 aromatic heterocycles. The lowest BCUT2D eigenvalue weighted by Crippen LogP contribution is -2.02.